The molecule has 0 unspecified atom stereocenters. The molecule has 1 amide bonds. The number of fused-ring (bicyclic) bond motifs is 1. The SMILES string of the molecule is C=CCOc1ccc(/C=c2\sc3n(c2=O)[C@@H](c2ccc(OCC)cc2)C(C(=O)Nc2ccccc2)=C(C)N=3)cc1OC. The molecule has 1 aliphatic heterocycles. The molecule has 1 atom stereocenters. The highest BCUT2D eigenvalue weighted by Crippen LogP contribution is 2.32. The monoisotopic (exact) mass is 581 g/mol. The predicted molar refractivity (Wildman–Crippen MR) is 165 cm³/mol. The summed E-state index contributed by atoms with van der Waals surface area (Å²) in [6, 6.07) is 21.4. The lowest BCUT2D eigenvalue weighted by molar-refractivity contribution is -0.113. The molecule has 4 aromatic rings. The van der Waals surface area contributed by atoms with Gasteiger partial charge in [-0.1, -0.05) is 60.4 Å². The number of para-hydroxylation sites is 1. The lowest BCUT2D eigenvalue weighted by Crippen LogP contribution is -2.40. The standard InChI is InChI=1S/C33H31N3O5S/c1-5-18-41-26-17-12-22(19-27(26)39-4)20-28-32(38)36-30(23-13-15-25(16-14-23)40-6-2)29(21(3)34-33(36)42-28)31(37)35-24-10-8-7-9-11-24/h5,7-17,19-20,30H,1,6,18H2,2-4H3,(H,35,37)/b28-20-/t30-/m0/s1. The van der Waals surface area contributed by atoms with E-state index in [-0.39, 0.29) is 11.5 Å². The van der Waals surface area contributed by atoms with Gasteiger partial charge in [0.25, 0.3) is 11.5 Å². The number of thiazole rings is 1. The Morgan fingerprint density at radius 1 is 1.07 bits per heavy atom. The normalized spacial score (nSPS) is 14.5. The lowest BCUT2D eigenvalue weighted by Gasteiger charge is -2.25. The van der Waals surface area contributed by atoms with E-state index in [1.807, 2.05) is 73.7 Å². The largest absolute Gasteiger partial charge is 0.494 e. The smallest absolute Gasteiger partial charge is 0.271 e. The van der Waals surface area contributed by atoms with E-state index in [1.165, 1.54) is 11.3 Å². The van der Waals surface area contributed by atoms with E-state index >= 15 is 0 Å². The molecule has 0 fully saturated rings. The van der Waals surface area contributed by atoms with Gasteiger partial charge in [-0.2, -0.15) is 0 Å². The highest BCUT2D eigenvalue weighted by molar-refractivity contribution is 7.07. The fraction of sp³-hybridized carbons (Fsp3) is 0.182. The summed E-state index contributed by atoms with van der Waals surface area (Å²) in [7, 11) is 1.56. The average Bonchev–Trinajstić information content (AvgIpc) is 3.30. The molecule has 1 N–H and O–H groups in total. The molecule has 1 aliphatic rings. The van der Waals surface area contributed by atoms with Crippen molar-refractivity contribution < 1.29 is 19.0 Å². The van der Waals surface area contributed by atoms with Gasteiger partial charge >= 0.3 is 0 Å². The van der Waals surface area contributed by atoms with Gasteiger partial charge in [0.2, 0.25) is 0 Å². The number of hydrogen-bond acceptors (Lipinski definition) is 7. The third kappa shape index (κ3) is 5.91. The third-order valence-electron chi connectivity index (χ3n) is 6.65. The van der Waals surface area contributed by atoms with Gasteiger partial charge in [0, 0.05) is 5.69 Å². The number of rotatable bonds is 10. The molecule has 0 aliphatic carbocycles. The van der Waals surface area contributed by atoms with E-state index in [0.717, 1.165) is 11.1 Å². The fourth-order valence-electron chi connectivity index (χ4n) is 4.75. The van der Waals surface area contributed by atoms with E-state index in [0.29, 0.717) is 56.8 Å². The Hall–Kier alpha value is -4.89. The summed E-state index contributed by atoms with van der Waals surface area (Å²) in [6.07, 6.45) is 3.45. The number of aromatic nitrogens is 1. The number of nitrogens with zero attached hydrogens (tertiary/aromatic N) is 2. The number of carbonyl (C=O) groups is 1. The van der Waals surface area contributed by atoms with Crippen molar-refractivity contribution in [3.8, 4) is 17.2 Å². The van der Waals surface area contributed by atoms with Crippen LogP contribution >= 0.6 is 11.3 Å². The zero-order chi connectivity index (χ0) is 29.6. The summed E-state index contributed by atoms with van der Waals surface area (Å²) in [5.41, 5.74) is 2.87. The number of allylic oxidation sites excluding steroid dienone is 1. The van der Waals surface area contributed by atoms with Crippen LogP contribution in [0.15, 0.2) is 107 Å². The maximum atomic E-state index is 14.0. The van der Waals surface area contributed by atoms with E-state index < -0.39 is 6.04 Å². The lowest BCUT2D eigenvalue weighted by atomic mass is 9.95. The maximum absolute atomic E-state index is 14.0. The van der Waals surface area contributed by atoms with Crippen molar-refractivity contribution in [1.29, 1.82) is 0 Å². The topological polar surface area (TPSA) is 91.2 Å². The minimum Gasteiger partial charge on any atom is -0.494 e. The summed E-state index contributed by atoms with van der Waals surface area (Å²) in [5, 5.41) is 2.97. The Kier molecular flexibility index (Phi) is 8.68. The average molecular weight is 582 g/mol. The number of carbonyl (C=O) groups excluding carboxylic acids is 1. The Balaban J connectivity index is 1.62. The van der Waals surface area contributed by atoms with Crippen LogP contribution in [0.2, 0.25) is 0 Å². The number of nitrogens with one attached hydrogen (secondary N) is 1. The van der Waals surface area contributed by atoms with Crippen LogP contribution in [0.25, 0.3) is 6.08 Å². The molecule has 2 heterocycles. The van der Waals surface area contributed by atoms with Crippen molar-refractivity contribution in [1.82, 2.24) is 4.57 Å². The molecule has 1 aromatic heterocycles. The Morgan fingerprint density at radius 2 is 1.83 bits per heavy atom. The second-order valence-corrected chi connectivity index (χ2v) is 10.4. The summed E-state index contributed by atoms with van der Waals surface area (Å²) in [6.45, 7) is 8.27. The number of anilines is 1. The van der Waals surface area contributed by atoms with Gasteiger partial charge in [-0.05, 0) is 67.4 Å². The number of ether oxygens (including phenoxy) is 3. The summed E-state index contributed by atoms with van der Waals surface area (Å²) in [4.78, 5) is 33.0. The maximum Gasteiger partial charge on any atom is 0.271 e. The summed E-state index contributed by atoms with van der Waals surface area (Å²) >= 11 is 1.27. The van der Waals surface area contributed by atoms with E-state index in [1.54, 1.807) is 36.8 Å². The second kappa shape index (κ2) is 12.7. The fourth-order valence-corrected chi connectivity index (χ4v) is 5.80. The molecule has 0 bridgehead atoms. The number of methoxy groups -OCH3 is 1. The molecule has 8 nitrogen and oxygen atoms in total. The highest BCUT2D eigenvalue weighted by atomic mass is 32.1. The van der Waals surface area contributed by atoms with Gasteiger partial charge in [-0.15, -0.1) is 0 Å². The van der Waals surface area contributed by atoms with Crippen LogP contribution in [-0.2, 0) is 4.79 Å². The number of benzene rings is 3. The molecule has 3 aromatic carbocycles. The first-order valence-electron chi connectivity index (χ1n) is 13.5. The number of hydrogen-bond donors (Lipinski definition) is 1. The molecule has 5 rings (SSSR count). The molecular formula is C33H31N3O5S. The molecule has 0 saturated carbocycles. The summed E-state index contributed by atoms with van der Waals surface area (Å²) in [5.74, 6) is 1.51. The van der Waals surface area contributed by atoms with Crippen molar-refractivity contribution in [2.75, 3.05) is 25.6 Å². The number of amides is 1. The minimum atomic E-state index is -0.688. The molecule has 0 radical (unpaired) electrons. The van der Waals surface area contributed by atoms with Gasteiger partial charge in [0.05, 0.1) is 35.6 Å². The van der Waals surface area contributed by atoms with Crippen molar-refractivity contribution in [2.24, 2.45) is 4.99 Å². The molecule has 0 saturated heterocycles. The first-order valence-corrected chi connectivity index (χ1v) is 14.3. The van der Waals surface area contributed by atoms with Gasteiger partial charge in [0.1, 0.15) is 12.4 Å². The Labute approximate surface area is 247 Å². The van der Waals surface area contributed by atoms with E-state index in [4.69, 9.17) is 19.2 Å². The van der Waals surface area contributed by atoms with Crippen LogP contribution in [-0.4, -0.2) is 30.8 Å². The van der Waals surface area contributed by atoms with Crippen molar-refractivity contribution in [3.63, 3.8) is 0 Å². The molecule has 42 heavy (non-hydrogen) atoms. The van der Waals surface area contributed by atoms with Crippen LogP contribution in [0.1, 0.15) is 31.0 Å². The van der Waals surface area contributed by atoms with Gasteiger partial charge in [-0.25, -0.2) is 4.99 Å². The molecule has 214 valence electrons. The molecule has 0 spiro atoms. The van der Waals surface area contributed by atoms with Crippen molar-refractivity contribution in [2.45, 2.75) is 19.9 Å². The Morgan fingerprint density at radius 3 is 2.52 bits per heavy atom. The Bertz CT molecular complexity index is 1820. The second-order valence-electron chi connectivity index (χ2n) is 9.41. The third-order valence-corrected chi connectivity index (χ3v) is 7.63. The first-order chi connectivity index (χ1) is 20.4. The highest BCUT2D eigenvalue weighted by Gasteiger charge is 2.32. The van der Waals surface area contributed by atoms with Crippen molar-refractivity contribution >= 4 is 29.0 Å². The summed E-state index contributed by atoms with van der Waals surface area (Å²) < 4.78 is 18.9. The first kappa shape index (κ1) is 28.6. The van der Waals surface area contributed by atoms with Crippen LogP contribution < -0.4 is 34.4 Å². The van der Waals surface area contributed by atoms with Crippen LogP contribution in [0.4, 0.5) is 5.69 Å². The van der Waals surface area contributed by atoms with Crippen LogP contribution in [0, 0.1) is 0 Å². The molecular weight excluding hydrogens is 550 g/mol. The molecule has 9 heteroatoms. The van der Waals surface area contributed by atoms with Crippen LogP contribution in [0.3, 0.4) is 0 Å². The zero-order valence-electron chi connectivity index (χ0n) is 23.6. The van der Waals surface area contributed by atoms with Crippen LogP contribution in [0.5, 0.6) is 17.2 Å². The minimum absolute atomic E-state index is 0.249. The van der Waals surface area contributed by atoms with E-state index in [2.05, 4.69) is 11.9 Å². The van der Waals surface area contributed by atoms with E-state index in [9.17, 15) is 9.59 Å². The van der Waals surface area contributed by atoms with Gasteiger partial charge in [0.15, 0.2) is 16.3 Å². The zero-order valence-corrected chi connectivity index (χ0v) is 24.4. The van der Waals surface area contributed by atoms with Gasteiger partial charge in [-0.3, -0.25) is 14.2 Å². The van der Waals surface area contributed by atoms with Crippen molar-refractivity contribution in [3.05, 3.63) is 128 Å². The quantitative estimate of drug-likeness (QED) is 0.271. The van der Waals surface area contributed by atoms with Gasteiger partial charge < -0.3 is 19.5 Å². The predicted octanol–water partition coefficient (Wildman–Crippen LogP) is 4.85.